The minimum Gasteiger partial charge on any atom is -0.376 e. The monoisotopic (exact) mass is 286 g/mol. The quantitative estimate of drug-likeness (QED) is 0.925. The molecule has 106 valence electrons. The van der Waals surface area contributed by atoms with E-state index in [0.717, 1.165) is 19.5 Å². The Hall–Kier alpha value is -0.680. The molecule has 0 aromatic heterocycles. The summed E-state index contributed by atoms with van der Waals surface area (Å²) < 4.78 is 19.7. The highest BCUT2D eigenvalue weighted by atomic mass is 35.5. The van der Waals surface area contributed by atoms with Gasteiger partial charge in [-0.2, -0.15) is 0 Å². The molecule has 5 heteroatoms. The lowest BCUT2D eigenvalue weighted by molar-refractivity contribution is -0.0441. The van der Waals surface area contributed by atoms with Crippen LogP contribution in [0.1, 0.15) is 24.9 Å². The number of ether oxygens (including phenoxy) is 1. The Morgan fingerprint density at radius 2 is 2.37 bits per heavy atom. The number of nitrogens with zero attached hydrogens (tertiary/aromatic N) is 1. The van der Waals surface area contributed by atoms with Gasteiger partial charge in [0.1, 0.15) is 5.82 Å². The topological polar surface area (TPSA) is 38.5 Å². The van der Waals surface area contributed by atoms with Gasteiger partial charge in [0.05, 0.1) is 18.8 Å². The van der Waals surface area contributed by atoms with Crippen LogP contribution in [0.2, 0.25) is 5.02 Å². The van der Waals surface area contributed by atoms with Crippen molar-refractivity contribution in [1.29, 1.82) is 0 Å². The summed E-state index contributed by atoms with van der Waals surface area (Å²) in [5.74, 6) is -0.289. The van der Waals surface area contributed by atoms with Gasteiger partial charge in [-0.15, -0.1) is 0 Å². The smallest absolute Gasteiger partial charge is 0.129 e. The highest BCUT2D eigenvalue weighted by Crippen LogP contribution is 2.30. The van der Waals surface area contributed by atoms with Crippen molar-refractivity contribution in [2.24, 2.45) is 5.73 Å². The molecule has 1 heterocycles. The van der Waals surface area contributed by atoms with E-state index in [-0.39, 0.29) is 18.0 Å². The van der Waals surface area contributed by atoms with Gasteiger partial charge < -0.3 is 10.5 Å². The van der Waals surface area contributed by atoms with Crippen molar-refractivity contribution in [3.63, 3.8) is 0 Å². The molecule has 2 unspecified atom stereocenters. The van der Waals surface area contributed by atoms with Crippen molar-refractivity contribution in [3.05, 3.63) is 34.6 Å². The molecule has 1 aromatic rings. The Bertz CT molecular complexity index is 410. The van der Waals surface area contributed by atoms with Crippen LogP contribution >= 0.6 is 11.6 Å². The van der Waals surface area contributed by atoms with Gasteiger partial charge in [-0.1, -0.05) is 24.6 Å². The average Bonchev–Trinajstić information content (AvgIpc) is 2.43. The van der Waals surface area contributed by atoms with Crippen molar-refractivity contribution in [2.45, 2.75) is 25.5 Å². The highest BCUT2D eigenvalue weighted by Gasteiger charge is 2.28. The van der Waals surface area contributed by atoms with E-state index < -0.39 is 0 Å². The van der Waals surface area contributed by atoms with Crippen LogP contribution in [0.3, 0.4) is 0 Å². The zero-order valence-electron chi connectivity index (χ0n) is 11.1. The maximum Gasteiger partial charge on any atom is 0.129 e. The number of hydrogen-bond acceptors (Lipinski definition) is 3. The Kier molecular flexibility index (Phi) is 5.16. The maximum absolute atomic E-state index is 14.0. The van der Waals surface area contributed by atoms with Crippen molar-refractivity contribution in [1.82, 2.24) is 4.90 Å². The van der Waals surface area contributed by atoms with E-state index in [0.29, 0.717) is 23.7 Å². The predicted octanol–water partition coefficient (Wildman–Crippen LogP) is 2.59. The number of nitrogens with two attached hydrogens (primary N) is 1. The largest absolute Gasteiger partial charge is 0.376 e. The first-order valence-corrected chi connectivity index (χ1v) is 7.04. The Morgan fingerprint density at radius 3 is 3.00 bits per heavy atom. The minimum atomic E-state index is -0.289. The lowest BCUT2D eigenvalue weighted by atomic mass is 10.0. The molecular weight excluding hydrogens is 267 g/mol. The molecule has 1 fully saturated rings. The molecule has 0 radical (unpaired) electrons. The number of halogens is 2. The Labute approximate surface area is 118 Å². The van der Waals surface area contributed by atoms with Crippen LogP contribution in [0.5, 0.6) is 0 Å². The van der Waals surface area contributed by atoms with Gasteiger partial charge in [-0.25, -0.2) is 4.39 Å². The van der Waals surface area contributed by atoms with Crippen molar-refractivity contribution < 1.29 is 9.13 Å². The highest BCUT2D eigenvalue weighted by molar-refractivity contribution is 6.31. The lowest BCUT2D eigenvalue weighted by Crippen LogP contribution is -2.46. The third kappa shape index (κ3) is 3.26. The van der Waals surface area contributed by atoms with Crippen LogP contribution in [0.4, 0.5) is 4.39 Å². The number of hydrogen-bond donors (Lipinski definition) is 1. The van der Waals surface area contributed by atoms with Gasteiger partial charge in [-0.3, -0.25) is 4.90 Å². The third-order valence-electron chi connectivity index (χ3n) is 3.62. The average molecular weight is 287 g/mol. The molecule has 0 aliphatic carbocycles. The van der Waals surface area contributed by atoms with Crippen LogP contribution in [0.15, 0.2) is 18.2 Å². The molecule has 0 bridgehead atoms. The normalized spacial score (nSPS) is 22.4. The number of morpholine rings is 1. The van der Waals surface area contributed by atoms with Crippen LogP contribution < -0.4 is 5.73 Å². The van der Waals surface area contributed by atoms with Gasteiger partial charge in [0.15, 0.2) is 0 Å². The maximum atomic E-state index is 14.0. The fourth-order valence-electron chi connectivity index (χ4n) is 2.55. The molecule has 0 spiro atoms. The zero-order valence-corrected chi connectivity index (χ0v) is 11.9. The summed E-state index contributed by atoms with van der Waals surface area (Å²) >= 11 is 6.14. The second-order valence-corrected chi connectivity index (χ2v) is 5.19. The molecule has 0 saturated carbocycles. The van der Waals surface area contributed by atoms with Crippen molar-refractivity contribution in [3.8, 4) is 0 Å². The molecule has 1 saturated heterocycles. The summed E-state index contributed by atoms with van der Waals surface area (Å²) in [6.45, 7) is 4.60. The number of rotatable bonds is 4. The molecule has 2 rings (SSSR count). The van der Waals surface area contributed by atoms with Crippen molar-refractivity contribution in [2.75, 3.05) is 26.2 Å². The van der Waals surface area contributed by atoms with Gasteiger partial charge in [0, 0.05) is 30.2 Å². The molecule has 1 aromatic carbocycles. The van der Waals surface area contributed by atoms with Crippen LogP contribution in [0.25, 0.3) is 0 Å². The zero-order chi connectivity index (χ0) is 13.8. The van der Waals surface area contributed by atoms with E-state index >= 15 is 0 Å². The molecule has 0 amide bonds. The van der Waals surface area contributed by atoms with Crippen molar-refractivity contribution >= 4 is 11.6 Å². The van der Waals surface area contributed by atoms with Crippen LogP contribution in [-0.4, -0.2) is 37.2 Å². The van der Waals surface area contributed by atoms with E-state index in [4.69, 9.17) is 22.1 Å². The first-order chi connectivity index (χ1) is 9.17. The molecule has 1 aliphatic heterocycles. The lowest BCUT2D eigenvalue weighted by Gasteiger charge is -2.38. The standard InChI is InChI=1S/C14H20ClFN2O/c1-2-10-9-18(6-7-19-10)13(8-17)14-11(15)4-3-5-12(14)16/h3-5,10,13H,2,6-9,17H2,1H3. The van der Waals surface area contributed by atoms with Gasteiger partial charge >= 0.3 is 0 Å². The molecule has 3 nitrogen and oxygen atoms in total. The molecule has 2 N–H and O–H groups in total. The summed E-state index contributed by atoms with van der Waals surface area (Å²) in [5.41, 5.74) is 6.36. The second-order valence-electron chi connectivity index (χ2n) is 4.78. The molecule has 1 aliphatic rings. The fourth-order valence-corrected chi connectivity index (χ4v) is 2.84. The van der Waals surface area contributed by atoms with E-state index in [1.807, 2.05) is 0 Å². The van der Waals surface area contributed by atoms with Crippen LogP contribution in [0, 0.1) is 5.82 Å². The summed E-state index contributed by atoms with van der Waals surface area (Å²) in [4.78, 5) is 2.17. The third-order valence-corrected chi connectivity index (χ3v) is 3.95. The van der Waals surface area contributed by atoms with Gasteiger partial charge in [0.2, 0.25) is 0 Å². The van der Waals surface area contributed by atoms with Gasteiger partial charge in [0.25, 0.3) is 0 Å². The van der Waals surface area contributed by atoms with Crippen LogP contribution in [-0.2, 0) is 4.74 Å². The number of benzene rings is 1. The van der Waals surface area contributed by atoms with E-state index in [1.165, 1.54) is 6.07 Å². The molecule has 2 atom stereocenters. The Morgan fingerprint density at radius 1 is 1.58 bits per heavy atom. The first-order valence-electron chi connectivity index (χ1n) is 6.67. The second kappa shape index (κ2) is 6.66. The summed E-state index contributed by atoms with van der Waals surface area (Å²) in [5, 5.41) is 0.440. The predicted molar refractivity (Wildman–Crippen MR) is 74.8 cm³/mol. The Balaban J connectivity index is 2.24. The van der Waals surface area contributed by atoms with E-state index in [2.05, 4.69) is 11.8 Å². The SMILES string of the molecule is CCC1CN(C(CN)c2c(F)cccc2Cl)CCO1. The molecule has 19 heavy (non-hydrogen) atoms. The van der Waals surface area contributed by atoms with Gasteiger partial charge in [-0.05, 0) is 18.6 Å². The summed E-state index contributed by atoms with van der Waals surface area (Å²) in [7, 11) is 0. The molecular formula is C14H20ClFN2O. The summed E-state index contributed by atoms with van der Waals surface area (Å²) in [6, 6.07) is 4.57. The fraction of sp³-hybridized carbons (Fsp3) is 0.571. The summed E-state index contributed by atoms with van der Waals surface area (Å²) in [6.07, 6.45) is 1.13. The van der Waals surface area contributed by atoms with E-state index in [1.54, 1.807) is 12.1 Å². The minimum absolute atomic E-state index is 0.188. The first kappa shape index (κ1) is 14.7. The van der Waals surface area contributed by atoms with E-state index in [9.17, 15) is 4.39 Å².